The van der Waals surface area contributed by atoms with E-state index < -0.39 is 0 Å². The molecule has 0 saturated carbocycles. The Hall–Kier alpha value is -2.80. The molecule has 2 aromatic carbocycles. The lowest BCUT2D eigenvalue weighted by Gasteiger charge is -2.17. The first-order chi connectivity index (χ1) is 12.6. The number of rotatable bonds is 6. The first kappa shape index (κ1) is 18.0. The quantitative estimate of drug-likeness (QED) is 0.628. The number of aromatic nitrogens is 1. The van der Waals surface area contributed by atoms with Crippen molar-refractivity contribution < 1.29 is 23.3 Å². The molecule has 0 unspecified atom stereocenters. The lowest BCUT2D eigenvalue weighted by molar-refractivity contribution is 0.306. The van der Waals surface area contributed by atoms with E-state index in [0.29, 0.717) is 34.3 Å². The van der Waals surface area contributed by atoms with Crippen molar-refractivity contribution in [3.63, 3.8) is 0 Å². The SMILES string of the molecule is COc1cc(-c2cc(-c3ccc(F)cc3)sn2)c(OC)c(OC)c1OC. The van der Waals surface area contributed by atoms with Crippen LogP contribution < -0.4 is 18.9 Å². The molecule has 0 aliphatic rings. The Balaban J connectivity index is 2.13. The van der Waals surface area contributed by atoms with Crippen molar-refractivity contribution in [3.8, 4) is 44.7 Å². The van der Waals surface area contributed by atoms with Crippen LogP contribution in [0.4, 0.5) is 4.39 Å². The van der Waals surface area contributed by atoms with Crippen LogP contribution in [0.15, 0.2) is 36.4 Å². The molecule has 0 spiro atoms. The minimum atomic E-state index is -0.273. The molecule has 1 aromatic heterocycles. The molecule has 26 heavy (non-hydrogen) atoms. The second-order valence-corrected chi connectivity index (χ2v) is 6.11. The van der Waals surface area contributed by atoms with Crippen molar-refractivity contribution in [1.82, 2.24) is 4.37 Å². The van der Waals surface area contributed by atoms with Crippen molar-refractivity contribution >= 4 is 11.5 Å². The van der Waals surface area contributed by atoms with Gasteiger partial charge in [-0.1, -0.05) is 12.1 Å². The number of halogens is 1. The van der Waals surface area contributed by atoms with Gasteiger partial charge in [-0.3, -0.25) is 0 Å². The number of hydrogen-bond donors (Lipinski definition) is 0. The molecule has 0 amide bonds. The van der Waals surface area contributed by atoms with Crippen molar-refractivity contribution in [3.05, 3.63) is 42.2 Å². The Morgan fingerprint density at radius 3 is 2.04 bits per heavy atom. The molecule has 3 rings (SSSR count). The lowest BCUT2D eigenvalue weighted by Crippen LogP contribution is -1.99. The zero-order valence-electron chi connectivity index (χ0n) is 14.8. The molecule has 0 saturated heterocycles. The van der Waals surface area contributed by atoms with E-state index in [1.807, 2.05) is 6.07 Å². The molecular weight excluding hydrogens is 357 g/mol. The number of ether oxygens (including phenoxy) is 4. The third kappa shape index (κ3) is 3.17. The van der Waals surface area contributed by atoms with Crippen molar-refractivity contribution in [2.75, 3.05) is 28.4 Å². The van der Waals surface area contributed by atoms with E-state index in [2.05, 4.69) is 4.37 Å². The third-order valence-corrected chi connectivity index (χ3v) is 4.74. The number of methoxy groups -OCH3 is 4. The van der Waals surface area contributed by atoms with E-state index in [-0.39, 0.29) is 5.82 Å². The summed E-state index contributed by atoms with van der Waals surface area (Å²) in [6.45, 7) is 0. The third-order valence-electron chi connectivity index (χ3n) is 3.90. The molecule has 3 aromatic rings. The average molecular weight is 375 g/mol. The van der Waals surface area contributed by atoms with Gasteiger partial charge in [0.1, 0.15) is 5.82 Å². The number of nitrogens with zero attached hydrogens (tertiary/aromatic N) is 1. The molecule has 0 N–H and O–H groups in total. The summed E-state index contributed by atoms with van der Waals surface area (Å²) in [7, 11) is 6.18. The number of benzene rings is 2. The van der Waals surface area contributed by atoms with Crippen LogP contribution in [-0.2, 0) is 0 Å². The van der Waals surface area contributed by atoms with Gasteiger partial charge in [0.05, 0.1) is 44.6 Å². The van der Waals surface area contributed by atoms with Gasteiger partial charge in [0.25, 0.3) is 0 Å². The van der Waals surface area contributed by atoms with Gasteiger partial charge in [-0.2, -0.15) is 4.37 Å². The summed E-state index contributed by atoms with van der Waals surface area (Å²) >= 11 is 1.32. The largest absolute Gasteiger partial charge is 0.493 e. The Morgan fingerprint density at radius 1 is 0.808 bits per heavy atom. The minimum absolute atomic E-state index is 0.273. The normalized spacial score (nSPS) is 10.5. The summed E-state index contributed by atoms with van der Waals surface area (Å²) in [6, 6.07) is 10.0. The summed E-state index contributed by atoms with van der Waals surface area (Å²) in [5.41, 5.74) is 2.30. The van der Waals surface area contributed by atoms with E-state index in [9.17, 15) is 4.39 Å². The molecule has 7 heteroatoms. The van der Waals surface area contributed by atoms with E-state index in [4.69, 9.17) is 18.9 Å². The van der Waals surface area contributed by atoms with Crippen LogP contribution in [0.25, 0.3) is 21.7 Å². The molecule has 0 bridgehead atoms. The highest BCUT2D eigenvalue weighted by molar-refractivity contribution is 7.09. The highest BCUT2D eigenvalue weighted by atomic mass is 32.1. The summed E-state index contributed by atoms with van der Waals surface area (Å²) < 4.78 is 39.5. The zero-order valence-corrected chi connectivity index (χ0v) is 15.6. The summed E-state index contributed by atoms with van der Waals surface area (Å²) in [5, 5.41) is 0. The summed E-state index contributed by atoms with van der Waals surface area (Å²) in [5.74, 6) is 1.62. The first-order valence-corrected chi connectivity index (χ1v) is 8.50. The van der Waals surface area contributed by atoms with E-state index in [0.717, 1.165) is 10.4 Å². The predicted molar refractivity (Wildman–Crippen MR) is 99.2 cm³/mol. The number of hydrogen-bond acceptors (Lipinski definition) is 6. The topological polar surface area (TPSA) is 49.8 Å². The molecule has 5 nitrogen and oxygen atoms in total. The fourth-order valence-corrected chi connectivity index (χ4v) is 3.43. The van der Waals surface area contributed by atoms with Crippen LogP contribution in [0, 0.1) is 5.82 Å². The average Bonchev–Trinajstić information content (AvgIpc) is 3.16. The summed E-state index contributed by atoms with van der Waals surface area (Å²) in [4.78, 5) is 0.913. The van der Waals surface area contributed by atoms with Crippen molar-refractivity contribution in [1.29, 1.82) is 0 Å². The molecule has 0 aliphatic carbocycles. The highest BCUT2D eigenvalue weighted by Gasteiger charge is 2.23. The molecule has 0 fully saturated rings. The van der Waals surface area contributed by atoms with E-state index in [1.165, 1.54) is 37.9 Å². The fraction of sp³-hybridized carbons (Fsp3) is 0.211. The van der Waals surface area contributed by atoms with Crippen LogP contribution in [0.1, 0.15) is 0 Å². The molecule has 0 aliphatic heterocycles. The van der Waals surface area contributed by atoms with E-state index in [1.54, 1.807) is 32.4 Å². The van der Waals surface area contributed by atoms with Crippen molar-refractivity contribution in [2.24, 2.45) is 0 Å². The molecule has 136 valence electrons. The Morgan fingerprint density at radius 2 is 1.46 bits per heavy atom. The van der Waals surface area contributed by atoms with Gasteiger partial charge in [-0.15, -0.1) is 0 Å². The standard InChI is InChI=1S/C19H18FNO4S/c1-22-15-9-13(17(23-2)19(25-4)18(15)24-3)14-10-16(26-21-14)11-5-7-12(20)8-6-11/h5-10H,1-4H3. The Bertz CT molecular complexity index is 909. The second kappa shape index (κ2) is 7.61. The van der Waals surface area contributed by atoms with Gasteiger partial charge < -0.3 is 18.9 Å². The maximum Gasteiger partial charge on any atom is 0.207 e. The summed E-state index contributed by atoms with van der Waals surface area (Å²) in [6.07, 6.45) is 0. The monoisotopic (exact) mass is 375 g/mol. The molecule has 1 heterocycles. The van der Waals surface area contributed by atoms with Crippen LogP contribution in [0.3, 0.4) is 0 Å². The smallest absolute Gasteiger partial charge is 0.207 e. The van der Waals surface area contributed by atoms with Gasteiger partial charge in [0.15, 0.2) is 11.5 Å². The van der Waals surface area contributed by atoms with Crippen molar-refractivity contribution in [2.45, 2.75) is 0 Å². The van der Waals surface area contributed by atoms with Crippen LogP contribution in [0.5, 0.6) is 23.0 Å². The molecule has 0 radical (unpaired) electrons. The highest BCUT2D eigenvalue weighted by Crippen LogP contribution is 2.50. The molecule has 0 atom stereocenters. The van der Waals surface area contributed by atoms with Gasteiger partial charge in [0.2, 0.25) is 11.5 Å². The fourth-order valence-electron chi connectivity index (χ4n) is 2.68. The lowest BCUT2D eigenvalue weighted by atomic mass is 10.1. The maximum absolute atomic E-state index is 13.1. The van der Waals surface area contributed by atoms with Gasteiger partial charge in [-0.25, -0.2) is 4.39 Å². The predicted octanol–water partition coefficient (Wildman–Crippen LogP) is 4.65. The van der Waals surface area contributed by atoms with Crippen LogP contribution >= 0.6 is 11.5 Å². The minimum Gasteiger partial charge on any atom is -0.493 e. The van der Waals surface area contributed by atoms with Gasteiger partial charge in [-0.05, 0) is 41.4 Å². The van der Waals surface area contributed by atoms with E-state index >= 15 is 0 Å². The first-order valence-electron chi connectivity index (χ1n) is 7.72. The Labute approximate surface area is 155 Å². The van der Waals surface area contributed by atoms with Gasteiger partial charge >= 0.3 is 0 Å². The molecular formula is C19H18FNO4S. The maximum atomic E-state index is 13.1. The van der Waals surface area contributed by atoms with Gasteiger partial charge in [0, 0.05) is 0 Å². The van der Waals surface area contributed by atoms with Crippen LogP contribution in [0.2, 0.25) is 0 Å². The Kier molecular flexibility index (Phi) is 5.27. The van der Waals surface area contributed by atoms with Crippen LogP contribution in [-0.4, -0.2) is 32.8 Å². The second-order valence-electron chi connectivity index (χ2n) is 5.31. The zero-order chi connectivity index (χ0) is 18.7.